The van der Waals surface area contributed by atoms with Gasteiger partial charge in [-0.2, -0.15) is 0 Å². The van der Waals surface area contributed by atoms with Crippen LogP contribution in [0.3, 0.4) is 0 Å². The Kier molecular flexibility index (Phi) is 4.82. The van der Waals surface area contributed by atoms with Gasteiger partial charge in [-0.15, -0.1) is 0 Å². The molecule has 0 aliphatic carbocycles. The average molecular weight is 499 g/mol. The first-order valence-electron chi connectivity index (χ1n) is 13.1. The number of hydrogen-bond acceptors (Lipinski definition) is 3. The van der Waals surface area contributed by atoms with Crippen molar-refractivity contribution in [2.24, 2.45) is 0 Å². The Morgan fingerprint density at radius 2 is 1.03 bits per heavy atom. The summed E-state index contributed by atoms with van der Waals surface area (Å²) in [6.07, 6.45) is 0. The van der Waals surface area contributed by atoms with Gasteiger partial charge in [0.1, 0.15) is 11.2 Å². The van der Waals surface area contributed by atoms with Crippen LogP contribution in [0.25, 0.3) is 77.4 Å². The minimum atomic E-state index is 0.648. The normalized spacial score (nSPS) is 11.6. The van der Waals surface area contributed by atoms with Crippen molar-refractivity contribution < 1.29 is 4.42 Å². The van der Waals surface area contributed by atoms with E-state index in [0.29, 0.717) is 5.82 Å². The number of rotatable bonds is 3. The molecule has 6 aromatic carbocycles. The quantitative estimate of drug-likeness (QED) is 0.243. The third-order valence-electron chi connectivity index (χ3n) is 7.44. The second-order valence-corrected chi connectivity index (χ2v) is 9.84. The lowest BCUT2D eigenvalue weighted by Gasteiger charge is -2.11. The van der Waals surface area contributed by atoms with Gasteiger partial charge >= 0.3 is 0 Å². The molecule has 3 heteroatoms. The highest BCUT2D eigenvalue weighted by Gasteiger charge is 2.20. The van der Waals surface area contributed by atoms with Crippen molar-refractivity contribution in [1.29, 1.82) is 0 Å². The van der Waals surface area contributed by atoms with E-state index in [4.69, 9.17) is 14.4 Å². The molecule has 0 saturated heterocycles. The molecule has 0 atom stereocenters. The van der Waals surface area contributed by atoms with Crippen molar-refractivity contribution in [3.63, 3.8) is 0 Å². The Balaban J connectivity index is 1.48. The lowest BCUT2D eigenvalue weighted by molar-refractivity contribution is 0.670. The van der Waals surface area contributed by atoms with Gasteiger partial charge in [-0.05, 0) is 45.8 Å². The monoisotopic (exact) mass is 498 g/mol. The molecule has 0 fully saturated rings. The van der Waals surface area contributed by atoms with E-state index in [2.05, 4.69) is 97.1 Å². The fraction of sp³-hybridized carbons (Fsp3) is 0. The van der Waals surface area contributed by atoms with Crippen LogP contribution in [-0.4, -0.2) is 9.97 Å². The maximum Gasteiger partial charge on any atom is 0.164 e. The summed E-state index contributed by atoms with van der Waals surface area (Å²) in [4.78, 5) is 10.2. The average Bonchev–Trinajstić information content (AvgIpc) is 3.38. The first kappa shape index (κ1) is 21.8. The molecule has 0 amide bonds. The van der Waals surface area contributed by atoms with Crippen molar-refractivity contribution in [2.75, 3.05) is 0 Å². The second kappa shape index (κ2) is 8.64. The second-order valence-electron chi connectivity index (χ2n) is 9.84. The number of benzene rings is 6. The third-order valence-corrected chi connectivity index (χ3v) is 7.44. The fourth-order valence-electron chi connectivity index (χ4n) is 5.56. The van der Waals surface area contributed by atoms with Gasteiger partial charge in [0, 0.05) is 21.9 Å². The van der Waals surface area contributed by atoms with E-state index in [-0.39, 0.29) is 0 Å². The fourth-order valence-corrected chi connectivity index (χ4v) is 5.56. The van der Waals surface area contributed by atoms with Crippen LogP contribution in [0.5, 0.6) is 0 Å². The first-order valence-corrected chi connectivity index (χ1v) is 13.1. The van der Waals surface area contributed by atoms with E-state index < -0.39 is 0 Å². The molecule has 0 aliphatic rings. The summed E-state index contributed by atoms with van der Waals surface area (Å²) in [7, 11) is 0. The van der Waals surface area contributed by atoms with E-state index in [1.54, 1.807) is 0 Å². The van der Waals surface area contributed by atoms with Crippen LogP contribution in [0.15, 0.2) is 138 Å². The Morgan fingerprint density at radius 1 is 0.462 bits per heavy atom. The molecule has 2 heterocycles. The molecule has 0 radical (unpaired) electrons. The molecule has 2 aromatic heterocycles. The lowest BCUT2D eigenvalue weighted by Crippen LogP contribution is -1.96. The Morgan fingerprint density at radius 3 is 1.69 bits per heavy atom. The summed E-state index contributed by atoms with van der Waals surface area (Å²) in [6, 6.07) is 46.1. The molecule has 0 N–H and O–H groups in total. The van der Waals surface area contributed by atoms with Crippen LogP contribution < -0.4 is 0 Å². The van der Waals surface area contributed by atoms with Crippen LogP contribution in [0.1, 0.15) is 0 Å². The Hall–Kier alpha value is -5.28. The summed E-state index contributed by atoms with van der Waals surface area (Å²) >= 11 is 0. The molecule has 3 nitrogen and oxygen atoms in total. The maximum absolute atomic E-state index is 6.67. The van der Waals surface area contributed by atoms with E-state index in [1.807, 2.05) is 36.4 Å². The van der Waals surface area contributed by atoms with Crippen molar-refractivity contribution in [1.82, 2.24) is 9.97 Å². The van der Waals surface area contributed by atoms with Gasteiger partial charge in [0.2, 0.25) is 0 Å². The van der Waals surface area contributed by atoms with Crippen LogP contribution in [-0.2, 0) is 0 Å². The standard InChI is InChI=1S/C36H22N2O/c1-3-11-23(12-4-1)31-22-32(24-13-5-2-6-14-24)38-36(37-31)30-20-27-17-9-10-18-28(27)34-29-19-25-15-7-8-16-26(25)21-33(29)39-35(30)34/h1-22H. The molecule has 0 saturated carbocycles. The van der Waals surface area contributed by atoms with Crippen LogP contribution >= 0.6 is 0 Å². The van der Waals surface area contributed by atoms with Crippen LogP contribution in [0, 0.1) is 0 Å². The van der Waals surface area contributed by atoms with Crippen LogP contribution in [0.4, 0.5) is 0 Å². The molecule has 8 rings (SSSR count). The molecule has 39 heavy (non-hydrogen) atoms. The number of hydrogen-bond donors (Lipinski definition) is 0. The number of aromatic nitrogens is 2. The van der Waals surface area contributed by atoms with Gasteiger partial charge < -0.3 is 4.42 Å². The summed E-state index contributed by atoms with van der Waals surface area (Å²) < 4.78 is 6.67. The molecule has 8 aromatic rings. The van der Waals surface area contributed by atoms with Gasteiger partial charge in [-0.3, -0.25) is 0 Å². The van der Waals surface area contributed by atoms with Crippen molar-refractivity contribution in [3.05, 3.63) is 133 Å². The summed E-state index contributed by atoms with van der Waals surface area (Å²) in [5.41, 5.74) is 6.41. The van der Waals surface area contributed by atoms with E-state index in [9.17, 15) is 0 Å². The zero-order chi connectivity index (χ0) is 25.8. The number of fused-ring (bicyclic) bond motifs is 6. The van der Waals surface area contributed by atoms with Crippen molar-refractivity contribution in [3.8, 4) is 33.9 Å². The van der Waals surface area contributed by atoms with Gasteiger partial charge in [-0.1, -0.05) is 109 Å². The van der Waals surface area contributed by atoms with Crippen molar-refractivity contribution in [2.45, 2.75) is 0 Å². The molecule has 182 valence electrons. The molecule has 0 unspecified atom stereocenters. The van der Waals surface area contributed by atoms with E-state index in [1.165, 1.54) is 5.39 Å². The topological polar surface area (TPSA) is 38.9 Å². The lowest BCUT2D eigenvalue weighted by atomic mass is 9.98. The largest absolute Gasteiger partial charge is 0.455 e. The number of furan rings is 1. The highest BCUT2D eigenvalue weighted by molar-refractivity contribution is 6.23. The smallest absolute Gasteiger partial charge is 0.164 e. The Labute approximate surface area is 225 Å². The Bertz CT molecular complexity index is 2110. The summed E-state index contributed by atoms with van der Waals surface area (Å²) in [6.45, 7) is 0. The van der Waals surface area contributed by atoms with Crippen molar-refractivity contribution >= 4 is 43.5 Å². The van der Waals surface area contributed by atoms with Gasteiger partial charge in [0.05, 0.1) is 17.0 Å². The molecular formula is C36H22N2O. The van der Waals surface area contributed by atoms with E-state index in [0.717, 1.165) is 66.2 Å². The number of nitrogens with zero attached hydrogens (tertiary/aromatic N) is 2. The predicted octanol–water partition coefficient (Wildman–Crippen LogP) is 9.68. The predicted molar refractivity (Wildman–Crippen MR) is 161 cm³/mol. The molecule has 0 bridgehead atoms. The molecule has 0 spiro atoms. The zero-order valence-electron chi connectivity index (χ0n) is 21.0. The minimum absolute atomic E-state index is 0.648. The van der Waals surface area contributed by atoms with Gasteiger partial charge in [0.25, 0.3) is 0 Å². The SMILES string of the molecule is c1ccc(-c2cc(-c3ccccc3)nc(-c3cc4ccccc4c4c3oc3cc5ccccc5cc34)n2)cc1. The zero-order valence-corrected chi connectivity index (χ0v) is 21.0. The molecular weight excluding hydrogens is 476 g/mol. The van der Waals surface area contributed by atoms with Gasteiger partial charge in [0.15, 0.2) is 5.82 Å². The van der Waals surface area contributed by atoms with Gasteiger partial charge in [-0.25, -0.2) is 9.97 Å². The summed E-state index contributed by atoms with van der Waals surface area (Å²) in [5.74, 6) is 0.648. The maximum atomic E-state index is 6.67. The third kappa shape index (κ3) is 3.59. The highest BCUT2D eigenvalue weighted by atomic mass is 16.3. The first-order chi connectivity index (χ1) is 19.3. The minimum Gasteiger partial charge on any atom is -0.455 e. The summed E-state index contributed by atoms with van der Waals surface area (Å²) in [5, 5.41) is 6.83. The van der Waals surface area contributed by atoms with Crippen LogP contribution in [0.2, 0.25) is 0 Å². The highest BCUT2D eigenvalue weighted by Crippen LogP contribution is 2.42. The molecule has 0 aliphatic heterocycles. The van der Waals surface area contributed by atoms with E-state index >= 15 is 0 Å².